The van der Waals surface area contributed by atoms with Crippen LogP contribution in [0.2, 0.25) is 0 Å². The molecule has 2 aromatic carbocycles. The zero-order chi connectivity index (χ0) is 24.6. The molecule has 35 heavy (non-hydrogen) atoms. The SMILES string of the molecule is COc1ccc(-c2noc(CN3CCC(C(=O)N[C@@H](C)CCc4ccccc4)CC3)n2)cc1OC. The molecule has 0 aliphatic carbocycles. The second-order valence-electron chi connectivity index (χ2n) is 9.07. The Bertz CT molecular complexity index is 1090. The van der Waals surface area contributed by atoms with Gasteiger partial charge < -0.3 is 19.3 Å². The second-order valence-corrected chi connectivity index (χ2v) is 9.07. The predicted molar refractivity (Wildman–Crippen MR) is 133 cm³/mol. The first-order valence-corrected chi connectivity index (χ1v) is 12.2. The zero-order valence-electron chi connectivity index (χ0n) is 20.7. The van der Waals surface area contributed by atoms with Gasteiger partial charge >= 0.3 is 0 Å². The molecule has 1 fully saturated rings. The average Bonchev–Trinajstić information content (AvgIpc) is 3.36. The molecule has 4 rings (SSSR count). The van der Waals surface area contributed by atoms with Gasteiger partial charge in [0.1, 0.15) is 0 Å². The van der Waals surface area contributed by atoms with Gasteiger partial charge in [0.25, 0.3) is 0 Å². The fraction of sp³-hybridized carbons (Fsp3) is 0.444. The van der Waals surface area contributed by atoms with Crippen molar-refractivity contribution >= 4 is 5.91 Å². The molecule has 8 heteroatoms. The number of amides is 1. The van der Waals surface area contributed by atoms with Gasteiger partial charge in [-0.1, -0.05) is 35.5 Å². The number of carbonyl (C=O) groups is 1. The smallest absolute Gasteiger partial charge is 0.241 e. The molecule has 0 saturated carbocycles. The molecule has 1 aliphatic rings. The highest BCUT2D eigenvalue weighted by Crippen LogP contribution is 2.31. The van der Waals surface area contributed by atoms with Crippen LogP contribution in [0.25, 0.3) is 11.4 Å². The second kappa shape index (κ2) is 11.8. The van der Waals surface area contributed by atoms with Crippen molar-refractivity contribution in [1.82, 2.24) is 20.4 Å². The van der Waals surface area contributed by atoms with Gasteiger partial charge in [0, 0.05) is 17.5 Å². The molecular formula is C27H34N4O4. The van der Waals surface area contributed by atoms with Crippen LogP contribution >= 0.6 is 0 Å². The normalized spacial score (nSPS) is 15.5. The molecule has 2 heterocycles. The monoisotopic (exact) mass is 478 g/mol. The summed E-state index contributed by atoms with van der Waals surface area (Å²) in [5.74, 6) is 2.56. The van der Waals surface area contributed by atoms with Crippen molar-refractivity contribution in [3.05, 3.63) is 60.0 Å². The van der Waals surface area contributed by atoms with Crippen LogP contribution < -0.4 is 14.8 Å². The molecule has 0 bridgehead atoms. The Morgan fingerprint density at radius 2 is 1.86 bits per heavy atom. The molecule has 0 radical (unpaired) electrons. The minimum Gasteiger partial charge on any atom is -0.493 e. The van der Waals surface area contributed by atoms with E-state index in [9.17, 15) is 4.79 Å². The van der Waals surface area contributed by atoms with E-state index in [4.69, 9.17) is 14.0 Å². The first-order chi connectivity index (χ1) is 17.1. The Hall–Kier alpha value is -3.39. The minimum absolute atomic E-state index is 0.0513. The molecule has 1 aromatic heterocycles. The van der Waals surface area contributed by atoms with Crippen LogP contribution in [0.4, 0.5) is 0 Å². The van der Waals surface area contributed by atoms with Crippen molar-refractivity contribution in [3.8, 4) is 22.9 Å². The maximum atomic E-state index is 12.8. The van der Waals surface area contributed by atoms with Crippen molar-refractivity contribution in [2.75, 3.05) is 27.3 Å². The lowest BCUT2D eigenvalue weighted by atomic mass is 9.95. The van der Waals surface area contributed by atoms with E-state index in [2.05, 4.69) is 51.5 Å². The molecule has 1 N–H and O–H groups in total. The predicted octanol–water partition coefficient (Wildman–Crippen LogP) is 4.10. The van der Waals surface area contributed by atoms with Crippen molar-refractivity contribution in [3.63, 3.8) is 0 Å². The van der Waals surface area contributed by atoms with Crippen LogP contribution in [-0.4, -0.2) is 54.3 Å². The van der Waals surface area contributed by atoms with Crippen LogP contribution in [0.3, 0.4) is 0 Å². The summed E-state index contributed by atoms with van der Waals surface area (Å²) in [6, 6.07) is 16.1. The lowest BCUT2D eigenvalue weighted by Crippen LogP contribution is -2.43. The van der Waals surface area contributed by atoms with E-state index in [1.807, 2.05) is 24.3 Å². The summed E-state index contributed by atoms with van der Waals surface area (Å²) in [6.45, 7) is 4.30. The number of carbonyl (C=O) groups excluding carboxylic acids is 1. The number of hydrogen-bond donors (Lipinski definition) is 1. The summed E-state index contributed by atoms with van der Waals surface area (Å²) in [5.41, 5.74) is 2.10. The fourth-order valence-electron chi connectivity index (χ4n) is 4.42. The van der Waals surface area contributed by atoms with E-state index < -0.39 is 0 Å². The highest BCUT2D eigenvalue weighted by molar-refractivity contribution is 5.79. The summed E-state index contributed by atoms with van der Waals surface area (Å²) in [5, 5.41) is 7.33. The van der Waals surface area contributed by atoms with E-state index in [1.54, 1.807) is 14.2 Å². The Morgan fingerprint density at radius 1 is 1.11 bits per heavy atom. The number of ether oxygens (including phenoxy) is 2. The van der Waals surface area contributed by atoms with Crippen LogP contribution in [0.15, 0.2) is 53.1 Å². The molecule has 0 spiro atoms. The molecular weight excluding hydrogens is 444 g/mol. The number of aryl methyl sites for hydroxylation is 1. The molecule has 1 amide bonds. The summed E-state index contributed by atoms with van der Waals surface area (Å²) >= 11 is 0. The van der Waals surface area contributed by atoms with Gasteiger partial charge in [0.05, 0.1) is 20.8 Å². The number of hydrogen-bond acceptors (Lipinski definition) is 7. The van der Waals surface area contributed by atoms with Gasteiger partial charge in [0.15, 0.2) is 11.5 Å². The molecule has 0 unspecified atom stereocenters. The van der Waals surface area contributed by atoms with Crippen molar-refractivity contribution in [2.45, 2.75) is 45.2 Å². The number of benzene rings is 2. The largest absolute Gasteiger partial charge is 0.493 e. The molecule has 1 saturated heterocycles. The highest BCUT2D eigenvalue weighted by atomic mass is 16.5. The highest BCUT2D eigenvalue weighted by Gasteiger charge is 2.26. The summed E-state index contributed by atoms with van der Waals surface area (Å²) in [6.07, 6.45) is 3.56. The lowest BCUT2D eigenvalue weighted by Gasteiger charge is -2.30. The summed E-state index contributed by atoms with van der Waals surface area (Å²) < 4.78 is 16.1. The molecule has 186 valence electrons. The summed E-state index contributed by atoms with van der Waals surface area (Å²) in [7, 11) is 3.20. The first-order valence-electron chi connectivity index (χ1n) is 12.2. The standard InChI is InChI=1S/C27H34N4O4/c1-19(9-10-20-7-5-4-6-8-20)28-27(32)21-13-15-31(16-14-21)18-25-29-26(30-35-25)22-11-12-23(33-2)24(17-22)34-3/h4-8,11-12,17,19,21H,9-10,13-16,18H2,1-3H3,(H,28,32)/t19-/m0/s1. The van der Waals surface area contributed by atoms with Gasteiger partial charge in [-0.3, -0.25) is 9.69 Å². The van der Waals surface area contributed by atoms with E-state index in [0.717, 1.165) is 44.3 Å². The molecule has 3 aromatic rings. The number of piperidine rings is 1. The van der Waals surface area contributed by atoms with Gasteiger partial charge in [-0.05, 0) is 69.5 Å². The zero-order valence-corrected chi connectivity index (χ0v) is 20.7. The number of methoxy groups -OCH3 is 2. The quantitative estimate of drug-likeness (QED) is 0.469. The van der Waals surface area contributed by atoms with Gasteiger partial charge in [-0.25, -0.2) is 0 Å². The van der Waals surface area contributed by atoms with E-state index in [0.29, 0.717) is 29.8 Å². The maximum absolute atomic E-state index is 12.8. The lowest BCUT2D eigenvalue weighted by molar-refractivity contribution is -0.127. The third kappa shape index (κ3) is 6.60. The van der Waals surface area contributed by atoms with Crippen LogP contribution in [0.1, 0.15) is 37.6 Å². The average molecular weight is 479 g/mol. The van der Waals surface area contributed by atoms with Gasteiger partial charge in [0.2, 0.25) is 17.6 Å². The molecule has 8 nitrogen and oxygen atoms in total. The summed E-state index contributed by atoms with van der Waals surface area (Å²) in [4.78, 5) is 19.6. The number of likely N-dealkylation sites (tertiary alicyclic amines) is 1. The number of aromatic nitrogens is 2. The Labute approximate surface area is 206 Å². The minimum atomic E-state index is 0.0513. The van der Waals surface area contributed by atoms with Crippen molar-refractivity contribution in [1.29, 1.82) is 0 Å². The third-order valence-electron chi connectivity index (χ3n) is 6.52. The fourth-order valence-corrected chi connectivity index (χ4v) is 4.42. The number of nitrogens with zero attached hydrogens (tertiary/aromatic N) is 3. The first kappa shape index (κ1) is 24.7. The maximum Gasteiger partial charge on any atom is 0.241 e. The number of rotatable bonds is 10. The third-order valence-corrected chi connectivity index (χ3v) is 6.52. The van der Waals surface area contributed by atoms with Crippen LogP contribution in [-0.2, 0) is 17.8 Å². The molecule has 1 aliphatic heterocycles. The van der Waals surface area contributed by atoms with Gasteiger partial charge in [-0.15, -0.1) is 0 Å². The van der Waals surface area contributed by atoms with Crippen LogP contribution in [0.5, 0.6) is 11.5 Å². The van der Waals surface area contributed by atoms with E-state index >= 15 is 0 Å². The topological polar surface area (TPSA) is 89.7 Å². The van der Waals surface area contributed by atoms with Crippen molar-refractivity contribution in [2.24, 2.45) is 5.92 Å². The Morgan fingerprint density at radius 3 is 2.57 bits per heavy atom. The molecule has 1 atom stereocenters. The number of nitrogens with one attached hydrogen (secondary N) is 1. The Balaban J connectivity index is 1.23. The van der Waals surface area contributed by atoms with Crippen LogP contribution in [0, 0.1) is 5.92 Å². The Kier molecular flexibility index (Phi) is 8.36. The van der Waals surface area contributed by atoms with Gasteiger partial charge in [-0.2, -0.15) is 4.98 Å². The van der Waals surface area contributed by atoms with E-state index in [-0.39, 0.29) is 17.9 Å². The van der Waals surface area contributed by atoms with E-state index in [1.165, 1.54) is 5.56 Å². The van der Waals surface area contributed by atoms with Crippen molar-refractivity contribution < 1.29 is 18.8 Å².